The van der Waals surface area contributed by atoms with Crippen LogP contribution in [0.15, 0.2) is 59.8 Å². The van der Waals surface area contributed by atoms with E-state index in [4.69, 9.17) is 14.2 Å². The molecule has 0 spiro atoms. The largest absolute Gasteiger partial charge is 0.493 e. The molecule has 172 valence electrons. The highest BCUT2D eigenvalue weighted by molar-refractivity contribution is 7.89. The van der Waals surface area contributed by atoms with Gasteiger partial charge in [-0.2, -0.15) is 4.98 Å². The summed E-state index contributed by atoms with van der Waals surface area (Å²) in [6.07, 6.45) is 3.50. The van der Waals surface area contributed by atoms with Gasteiger partial charge in [-0.1, -0.05) is 6.07 Å². The van der Waals surface area contributed by atoms with Gasteiger partial charge in [0.15, 0.2) is 11.5 Å². The minimum atomic E-state index is -3.58. The van der Waals surface area contributed by atoms with Crippen LogP contribution in [-0.2, 0) is 10.0 Å². The first-order chi connectivity index (χ1) is 15.9. The van der Waals surface area contributed by atoms with Gasteiger partial charge in [0, 0.05) is 41.3 Å². The molecule has 33 heavy (non-hydrogen) atoms. The molecule has 4 aromatic rings. The number of nitrogens with one attached hydrogen (secondary N) is 2. The van der Waals surface area contributed by atoms with Crippen LogP contribution in [0.25, 0.3) is 16.7 Å². The Morgan fingerprint density at radius 3 is 2.33 bits per heavy atom. The summed E-state index contributed by atoms with van der Waals surface area (Å²) in [5.41, 5.74) is 1.90. The van der Waals surface area contributed by atoms with Crippen molar-refractivity contribution < 1.29 is 22.6 Å². The monoisotopic (exact) mass is 469 g/mol. The molecule has 10 nitrogen and oxygen atoms in total. The molecule has 2 aromatic carbocycles. The molecule has 0 atom stereocenters. The number of fused-ring (bicyclic) bond motifs is 1. The van der Waals surface area contributed by atoms with Crippen LogP contribution in [0.4, 0.5) is 11.6 Å². The van der Waals surface area contributed by atoms with E-state index >= 15 is 0 Å². The molecule has 0 saturated carbocycles. The predicted octanol–water partition coefficient (Wildman–Crippen LogP) is 3.10. The van der Waals surface area contributed by atoms with Crippen molar-refractivity contribution in [3.8, 4) is 22.9 Å². The van der Waals surface area contributed by atoms with Gasteiger partial charge in [-0.05, 0) is 31.3 Å². The van der Waals surface area contributed by atoms with Crippen LogP contribution < -0.4 is 24.2 Å². The molecule has 2 aromatic heterocycles. The number of nitrogens with zero attached hydrogens (tertiary/aromatic N) is 3. The van der Waals surface area contributed by atoms with E-state index in [9.17, 15) is 8.42 Å². The smallest absolute Gasteiger partial charge is 0.240 e. The molecule has 0 radical (unpaired) electrons. The highest BCUT2D eigenvalue weighted by Crippen LogP contribution is 2.40. The van der Waals surface area contributed by atoms with Crippen LogP contribution in [-0.4, -0.2) is 51.3 Å². The summed E-state index contributed by atoms with van der Waals surface area (Å²) in [7, 11) is 2.42. The maximum atomic E-state index is 12.2. The number of anilines is 2. The van der Waals surface area contributed by atoms with Crippen LogP contribution in [0.3, 0.4) is 0 Å². The Labute approximate surface area is 191 Å². The highest BCUT2D eigenvalue weighted by atomic mass is 32.2. The molecule has 11 heteroatoms. The van der Waals surface area contributed by atoms with Crippen LogP contribution in [0, 0.1) is 0 Å². The molecular weight excluding hydrogens is 446 g/mol. The first-order valence-electron chi connectivity index (χ1n) is 9.85. The lowest BCUT2D eigenvalue weighted by molar-refractivity contribution is 0.324. The Kier molecular flexibility index (Phi) is 6.07. The highest BCUT2D eigenvalue weighted by Gasteiger charge is 2.16. The van der Waals surface area contributed by atoms with Crippen molar-refractivity contribution in [3.05, 3.63) is 54.9 Å². The van der Waals surface area contributed by atoms with Gasteiger partial charge < -0.3 is 24.1 Å². The summed E-state index contributed by atoms with van der Waals surface area (Å²) in [5.74, 6) is 1.81. The number of methoxy groups -OCH3 is 3. The Bertz CT molecular complexity index is 1390. The fourth-order valence-electron chi connectivity index (χ4n) is 3.39. The van der Waals surface area contributed by atoms with E-state index in [2.05, 4.69) is 20.0 Å². The predicted molar refractivity (Wildman–Crippen MR) is 124 cm³/mol. The molecule has 0 aliphatic carbocycles. The fraction of sp³-hybridized carbons (Fsp3) is 0.182. The lowest BCUT2D eigenvalue weighted by Gasteiger charge is -2.14. The van der Waals surface area contributed by atoms with Gasteiger partial charge in [-0.3, -0.25) is 0 Å². The minimum Gasteiger partial charge on any atom is -0.493 e. The zero-order chi connectivity index (χ0) is 23.6. The second-order valence-electron chi connectivity index (χ2n) is 6.90. The maximum Gasteiger partial charge on any atom is 0.240 e. The first kappa shape index (κ1) is 22.4. The zero-order valence-electron chi connectivity index (χ0n) is 18.5. The van der Waals surface area contributed by atoms with Crippen LogP contribution in [0.2, 0.25) is 0 Å². The molecule has 4 rings (SSSR count). The van der Waals surface area contributed by atoms with Crippen LogP contribution in [0.5, 0.6) is 17.2 Å². The summed E-state index contributed by atoms with van der Waals surface area (Å²) < 4.78 is 44.7. The number of hydrogen-bond acceptors (Lipinski definition) is 8. The average molecular weight is 470 g/mol. The van der Waals surface area contributed by atoms with Crippen LogP contribution >= 0.6 is 0 Å². The number of rotatable bonds is 8. The molecular formula is C22H23N5O5S. The van der Waals surface area contributed by atoms with Gasteiger partial charge in [0.05, 0.1) is 26.2 Å². The van der Waals surface area contributed by atoms with Crippen molar-refractivity contribution in [2.45, 2.75) is 4.90 Å². The number of hydrogen-bond donors (Lipinski definition) is 2. The van der Waals surface area contributed by atoms with E-state index < -0.39 is 10.0 Å². The molecule has 0 saturated heterocycles. The van der Waals surface area contributed by atoms with Crippen molar-refractivity contribution in [1.82, 2.24) is 19.3 Å². The van der Waals surface area contributed by atoms with E-state index in [1.807, 2.05) is 18.3 Å². The number of ether oxygens (including phenoxy) is 3. The summed E-state index contributed by atoms with van der Waals surface area (Å²) in [5, 5.41) is 3.95. The first-order valence-corrected chi connectivity index (χ1v) is 11.3. The standard InChI is InChI=1S/C22H23N5O5S/c1-23-33(28,29)17-7-5-6-16(12-17)27-9-8-14-13-24-22(26-21(14)27)25-15-10-18(30-2)20(32-4)19(11-15)31-3/h5-13,23H,1-4H3,(H,24,25,26). The van der Waals surface area contributed by atoms with E-state index in [0.717, 1.165) is 5.39 Å². The number of aromatic nitrogens is 3. The molecule has 0 unspecified atom stereocenters. The van der Waals surface area contributed by atoms with Crippen molar-refractivity contribution in [1.29, 1.82) is 0 Å². The molecule has 2 N–H and O–H groups in total. The third-order valence-corrected chi connectivity index (χ3v) is 6.43. The third kappa shape index (κ3) is 4.28. The maximum absolute atomic E-state index is 12.2. The SMILES string of the molecule is CNS(=O)(=O)c1cccc(-n2ccc3cnc(Nc4cc(OC)c(OC)c(OC)c4)nc32)c1. The van der Waals surface area contributed by atoms with Crippen molar-refractivity contribution in [2.24, 2.45) is 0 Å². The van der Waals surface area contributed by atoms with Gasteiger partial charge in [0.25, 0.3) is 0 Å². The van der Waals surface area contributed by atoms with Gasteiger partial charge in [0.1, 0.15) is 5.65 Å². The Balaban J connectivity index is 1.74. The normalized spacial score (nSPS) is 11.4. The summed E-state index contributed by atoms with van der Waals surface area (Å²) >= 11 is 0. The van der Waals surface area contributed by atoms with Crippen molar-refractivity contribution >= 4 is 32.7 Å². The molecule has 0 fully saturated rings. The minimum absolute atomic E-state index is 0.161. The van der Waals surface area contributed by atoms with Crippen LogP contribution in [0.1, 0.15) is 0 Å². The number of sulfonamides is 1. The second kappa shape index (κ2) is 8.96. The molecule has 0 bridgehead atoms. The number of benzene rings is 2. The van der Waals surface area contributed by atoms with E-state index in [-0.39, 0.29) is 4.90 Å². The fourth-order valence-corrected chi connectivity index (χ4v) is 4.16. The average Bonchev–Trinajstić information content (AvgIpc) is 3.26. The zero-order valence-corrected chi connectivity index (χ0v) is 19.3. The van der Waals surface area contributed by atoms with E-state index in [0.29, 0.717) is 40.2 Å². The Morgan fingerprint density at radius 1 is 0.970 bits per heavy atom. The third-order valence-electron chi connectivity index (χ3n) is 5.02. The lowest BCUT2D eigenvalue weighted by atomic mass is 10.2. The van der Waals surface area contributed by atoms with Gasteiger partial charge in [-0.15, -0.1) is 0 Å². The van der Waals surface area contributed by atoms with E-state index in [1.165, 1.54) is 20.2 Å². The molecule has 2 heterocycles. The van der Waals surface area contributed by atoms with Crippen molar-refractivity contribution in [3.63, 3.8) is 0 Å². The topological polar surface area (TPSA) is 117 Å². The van der Waals surface area contributed by atoms with Crippen molar-refractivity contribution in [2.75, 3.05) is 33.7 Å². The lowest BCUT2D eigenvalue weighted by Crippen LogP contribution is -2.18. The van der Waals surface area contributed by atoms with Gasteiger partial charge in [0.2, 0.25) is 21.7 Å². The summed E-state index contributed by atoms with van der Waals surface area (Å²) in [6.45, 7) is 0. The molecule has 0 aliphatic rings. The summed E-state index contributed by atoms with van der Waals surface area (Å²) in [6, 6.07) is 12.0. The second-order valence-corrected chi connectivity index (χ2v) is 8.79. The quantitative estimate of drug-likeness (QED) is 0.404. The summed E-state index contributed by atoms with van der Waals surface area (Å²) in [4.78, 5) is 9.17. The Hall–Kier alpha value is -3.83. The van der Waals surface area contributed by atoms with Gasteiger partial charge >= 0.3 is 0 Å². The molecule has 0 amide bonds. The molecule has 0 aliphatic heterocycles. The Morgan fingerprint density at radius 2 is 1.70 bits per heavy atom. The van der Waals surface area contributed by atoms with Gasteiger partial charge in [-0.25, -0.2) is 18.1 Å². The van der Waals surface area contributed by atoms with E-state index in [1.54, 1.807) is 49.2 Å².